The van der Waals surface area contributed by atoms with Gasteiger partial charge in [0.2, 0.25) is 11.8 Å². The highest BCUT2D eigenvalue weighted by molar-refractivity contribution is 6.05. The van der Waals surface area contributed by atoms with Crippen molar-refractivity contribution in [2.45, 2.75) is 57.7 Å². The zero-order valence-corrected chi connectivity index (χ0v) is 17.5. The molecular formula is C21H26N4O6. The first-order valence-electron chi connectivity index (χ1n) is 10.3. The first-order valence-corrected chi connectivity index (χ1v) is 10.3. The Kier molecular flexibility index (Phi) is 5.67. The van der Waals surface area contributed by atoms with Crippen molar-refractivity contribution < 1.29 is 28.7 Å². The van der Waals surface area contributed by atoms with Gasteiger partial charge in [0.25, 0.3) is 5.91 Å². The zero-order chi connectivity index (χ0) is 22.2. The van der Waals surface area contributed by atoms with E-state index in [4.69, 9.17) is 9.47 Å². The van der Waals surface area contributed by atoms with Crippen LogP contribution in [0.1, 0.15) is 48.2 Å². The summed E-state index contributed by atoms with van der Waals surface area (Å²) in [5.41, 5.74) is 2.11. The molecule has 2 saturated heterocycles. The summed E-state index contributed by atoms with van der Waals surface area (Å²) < 4.78 is 11.1. The van der Waals surface area contributed by atoms with E-state index in [0.29, 0.717) is 31.7 Å². The molecule has 2 atom stereocenters. The molecule has 0 radical (unpaired) electrons. The minimum absolute atomic E-state index is 0.198. The van der Waals surface area contributed by atoms with Crippen molar-refractivity contribution in [2.75, 3.05) is 13.2 Å². The second-order valence-electron chi connectivity index (χ2n) is 8.41. The number of ether oxygens (including phenoxy) is 2. The van der Waals surface area contributed by atoms with Crippen molar-refractivity contribution in [3.8, 4) is 0 Å². The number of carbonyl (C=O) groups excluding carboxylic acids is 4. The standard InChI is InChI=1S/C21H26N4O6/c1-21(2)30-11-14(31-21)9-23-20(29)22-8-12-3-4-13-10-25(19(28)15(13)7-12)16-5-6-17(26)24-18(16)27/h3-4,7,14,16H,5-6,8-11H2,1-2H3,(H2,22,23,29)(H,24,26,27)/t14-,16?/m0/s1. The topological polar surface area (TPSA) is 126 Å². The number of imide groups is 1. The molecule has 0 bridgehead atoms. The molecule has 10 heteroatoms. The second kappa shape index (κ2) is 8.27. The van der Waals surface area contributed by atoms with Crippen LogP contribution in [-0.4, -0.2) is 59.7 Å². The number of hydrogen-bond donors (Lipinski definition) is 3. The maximum absolute atomic E-state index is 12.9. The fourth-order valence-electron chi connectivity index (χ4n) is 4.03. The molecule has 1 aromatic rings. The molecule has 0 aliphatic carbocycles. The van der Waals surface area contributed by atoms with E-state index in [1.165, 1.54) is 4.90 Å². The molecule has 166 valence electrons. The molecule has 5 amide bonds. The third-order valence-corrected chi connectivity index (χ3v) is 5.60. The normalized spacial score (nSPS) is 24.7. The lowest BCUT2D eigenvalue weighted by Gasteiger charge is -2.29. The average molecular weight is 430 g/mol. The van der Waals surface area contributed by atoms with Gasteiger partial charge in [0.15, 0.2) is 5.79 Å². The average Bonchev–Trinajstić information content (AvgIpc) is 3.23. The molecule has 3 heterocycles. The van der Waals surface area contributed by atoms with E-state index in [2.05, 4.69) is 16.0 Å². The fourth-order valence-corrected chi connectivity index (χ4v) is 4.03. The third-order valence-electron chi connectivity index (χ3n) is 5.60. The van der Waals surface area contributed by atoms with Gasteiger partial charge in [-0.05, 0) is 37.5 Å². The summed E-state index contributed by atoms with van der Waals surface area (Å²) in [6, 6.07) is 4.43. The van der Waals surface area contributed by atoms with Crippen LogP contribution < -0.4 is 16.0 Å². The minimum Gasteiger partial charge on any atom is -0.348 e. The molecular weight excluding hydrogens is 404 g/mol. The lowest BCUT2D eigenvalue weighted by molar-refractivity contribution is -0.138. The molecule has 0 saturated carbocycles. The van der Waals surface area contributed by atoms with Crippen LogP contribution >= 0.6 is 0 Å². The Bertz CT molecular complexity index is 930. The van der Waals surface area contributed by atoms with Crippen molar-refractivity contribution in [2.24, 2.45) is 0 Å². The van der Waals surface area contributed by atoms with Gasteiger partial charge in [-0.15, -0.1) is 0 Å². The number of urea groups is 1. The zero-order valence-electron chi connectivity index (χ0n) is 17.5. The van der Waals surface area contributed by atoms with Gasteiger partial charge in [-0.3, -0.25) is 19.7 Å². The van der Waals surface area contributed by atoms with E-state index < -0.39 is 17.7 Å². The number of piperidine rings is 1. The lowest BCUT2D eigenvalue weighted by atomic mass is 10.0. The van der Waals surface area contributed by atoms with Gasteiger partial charge < -0.3 is 25.0 Å². The number of nitrogens with one attached hydrogen (secondary N) is 3. The Morgan fingerprint density at radius 3 is 2.77 bits per heavy atom. The van der Waals surface area contributed by atoms with E-state index in [0.717, 1.165) is 11.1 Å². The van der Waals surface area contributed by atoms with Crippen LogP contribution in [-0.2, 0) is 32.2 Å². The molecule has 1 unspecified atom stereocenters. The lowest BCUT2D eigenvalue weighted by Crippen LogP contribution is -2.52. The Labute approximate surface area is 179 Å². The molecule has 1 aromatic carbocycles. The van der Waals surface area contributed by atoms with Crippen LogP contribution in [0.25, 0.3) is 0 Å². The molecule has 2 fully saturated rings. The largest absolute Gasteiger partial charge is 0.348 e. The van der Waals surface area contributed by atoms with Gasteiger partial charge in [0, 0.05) is 31.6 Å². The van der Waals surface area contributed by atoms with Crippen LogP contribution in [0.5, 0.6) is 0 Å². The Morgan fingerprint density at radius 2 is 2.06 bits per heavy atom. The molecule has 31 heavy (non-hydrogen) atoms. The fraction of sp³-hybridized carbons (Fsp3) is 0.524. The maximum atomic E-state index is 12.9. The number of fused-ring (bicyclic) bond motifs is 1. The molecule has 4 rings (SSSR count). The van der Waals surface area contributed by atoms with Crippen LogP contribution in [0.3, 0.4) is 0 Å². The van der Waals surface area contributed by atoms with E-state index in [1.807, 2.05) is 26.0 Å². The molecule has 10 nitrogen and oxygen atoms in total. The smallest absolute Gasteiger partial charge is 0.315 e. The Hall–Kier alpha value is -2.98. The molecule has 0 spiro atoms. The SMILES string of the molecule is CC1(C)OC[C@H](CNC(=O)NCc2ccc3c(c2)C(=O)N(C2CCC(=O)NC2=O)C3)O1. The third kappa shape index (κ3) is 4.70. The van der Waals surface area contributed by atoms with E-state index in [9.17, 15) is 19.2 Å². The summed E-state index contributed by atoms with van der Waals surface area (Å²) in [6.45, 7) is 4.97. The first kappa shape index (κ1) is 21.3. The molecule has 0 aromatic heterocycles. The number of amides is 5. The van der Waals surface area contributed by atoms with Crippen LogP contribution in [0, 0.1) is 0 Å². The summed E-state index contributed by atoms with van der Waals surface area (Å²) in [5.74, 6) is -1.62. The Balaban J connectivity index is 1.30. The van der Waals surface area contributed by atoms with Gasteiger partial charge in [0.05, 0.1) is 6.61 Å². The summed E-state index contributed by atoms with van der Waals surface area (Å²) in [7, 11) is 0. The van der Waals surface area contributed by atoms with Crippen molar-refractivity contribution in [3.05, 3.63) is 34.9 Å². The number of rotatable bonds is 5. The highest BCUT2D eigenvalue weighted by Crippen LogP contribution is 2.28. The predicted molar refractivity (Wildman–Crippen MR) is 108 cm³/mol. The number of nitrogens with zero attached hydrogens (tertiary/aromatic N) is 1. The number of benzene rings is 1. The first-order chi connectivity index (χ1) is 14.7. The van der Waals surface area contributed by atoms with Crippen molar-refractivity contribution >= 4 is 23.8 Å². The van der Waals surface area contributed by atoms with Gasteiger partial charge >= 0.3 is 6.03 Å². The van der Waals surface area contributed by atoms with Gasteiger partial charge in [-0.25, -0.2) is 4.79 Å². The molecule has 3 aliphatic rings. The Morgan fingerprint density at radius 1 is 1.26 bits per heavy atom. The summed E-state index contributed by atoms with van der Waals surface area (Å²) in [6.07, 6.45) is 0.346. The minimum atomic E-state index is -0.642. The summed E-state index contributed by atoms with van der Waals surface area (Å²) >= 11 is 0. The highest BCUT2D eigenvalue weighted by atomic mass is 16.7. The highest BCUT2D eigenvalue weighted by Gasteiger charge is 2.39. The second-order valence-corrected chi connectivity index (χ2v) is 8.41. The number of hydrogen-bond acceptors (Lipinski definition) is 6. The summed E-state index contributed by atoms with van der Waals surface area (Å²) in [5, 5.41) is 7.80. The van der Waals surface area contributed by atoms with Crippen LogP contribution in [0.15, 0.2) is 18.2 Å². The van der Waals surface area contributed by atoms with Gasteiger partial charge in [-0.1, -0.05) is 12.1 Å². The van der Waals surface area contributed by atoms with E-state index in [-0.39, 0.29) is 36.9 Å². The molecule has 3 aliphatic heterocycles. The van der Waals surface area contributed by atoms with Crippen molar-refractivity contribution in [3.63, 3.8) is 0 Å². The number of carbonyl (C=O) groups is 4. The van der Waals surface area contributed by atoms with E-state index in [1.54, 1.807) is 6.07 Å². The predicted octanol–water partition coefficient (Wildman–Crippen LogP) is 0.398. The van der Waals surface area contributed by atoms with Crippen molar-refractivity contribution in [1.29, 1.82) is 0 Å². The summed E-state index contributed by atoms with van der Waals surface area (Å²) in [4.78, 5) is 49.9. The van der Waals surface area contributed by atoms with Crippen molar-refractivity contribution in [1.82, 2.24) is 20.9 Å². The van der Waals surface area contributed by atoms with E-state index >= 15 is 0 Å². The van der Waals surface area contributed by atoms with Crippen LogP contribution in [0.4, 0.5) is 4.79 Å². The molecule has 3 N–H and O–H groups in total. The van der Waals surface area contributed by atoms with Gasteiger partial charge in [0.1, 0.15) is 12.1 Å². The monoisotopic (exact) mass is 430 g/mol. The quantitative estimate of drug-likeness (QED) is 0.581. The van der Waals surface area contributed by atoms with Crippen LogP contribution in [0.2, 0.25) is 0 Å². The maximum Gasteiger partial charge on any atom is 0.315 e. The van der Waals surface area contributed by atoms with Gasteiger partial charge in [-0.2, -0.15) is 0 Å².